The maximum absolute atomic E-state index is 13.0. The number of benzene rings is 2. The van der Waals surface area contributed by atoms with Crippen LogP contribution in [0.1, 0.15) is 53.6 Å². The molecule has 0 bridgehead atoms. The first-order valence-electron chi connectivity index (χ1n) is 14.0. The van der Waals surface area contributed by atoms with E-state index in [1.807, 2.05) is 6.07 Å². The van der Waals surface area contributed by atoms with E-state index in [2.05, 4.69) is 63.3 Å². The minimum Gasteiger partial charge on any atom is -0.371 e. The van der Waals surface area contributed by atoms with E-state index < -0.39 is 6.04 Å². The smallest absolute Gasteiger partial charge is 0.255 e. The number of hydrogen-bond acceptors (Lipinski definition) is 6. The predicted octanol–water partition coefficient (Wildman–Crippen LogP) is 2.69. The van der Waals surface area contributed by atoms with E-state index >= 15 is 0 Å². The number of amides is 3. The molecular weight excluding hydrogens is 478 g/mol. The van der Waals surface area contributed by atoms with Gasteiger partial charge in [0.05, 0.1) is 5.54 Å². The molecule has 1 N–H and O–H groups in total. The lowest BCUT2D eigenvalue weighted by molar-refractivity contribution is -0.136. The first-order chi connectivity index (χ1) is 18.4. The summed E-state index contributed by atoms with van der Waals surface area (Å²) in [4.78, 5) is 46.3. The Labute approximate surface area is 223 Å². The number of imide groups is 1. The zero-order valence-corrected chi connectivity index (χ0v) is 22.0. The molecule has 0 aliphatic carbocycles. The number of carbonyl (C=O) groups excluding carboxylic acids is 3. The average molecular weight is 514 g/mol. The van der Waals surface area contributed by atoms with Gasteiger partial charge in [0, 0.05) is 68.7 Å². The summed E-state index contributed by atoms with van der Waals surface area (Å²) in [6.07, 6.45) is 4.29. The van der Waals surface area contributed by atoms with Gasteiger partial charge in [-0.1, -0.05) is 17.7 Å². The molecule has 0 radical (unpaired) electrons. The number of carbonyl (C=O) groups is 3. The summed E-state index contributed by atoms with van der Waals surface area (Å²) >= 11 is 0. The van der Waals surface area contributed by atoms with Crippen molar-refractivity contribution in [3.63, 3.8) is 0 Å². The standard InChI is InChI=1S/C30H35N5O3/c1-20-2-4-22(5-3-20)33-18-30(19-33)12-15-35(30)23-10-13-32(14-11-23)24-6-7-25-21(16-24)17-34(29(25)38)26-8-9-27(36)31-28(26)37/h2-7,16,23,26H,8-15,17-19H2,1H3,(H,31,36,37). The van der Waals surface area contributed by atoms with Crippen LogP contribution in [-0.4, -0.2) is 77.9 Å². The van der Waals surface area contributed by atoms with Crippen LogP contribution < -0.4 is 15.1 Å². The summed E-state index contributed by atoms with van der Waals surface area (Å²) in [5.74, 6) is -0.726. The number of nitrogens with zero attached hydrogens (tertiary/aromatic N) is 4. The van der Waals surface area contributed by atoms with Gasteiger partial charge in [-0.15, -0.1) is 0 Å². The summed E-state index contributed by atoms with van der Waals surface area (Å²) in [6.45, 7) is 8.09. The number of rotatable bonds is 4. The van der Waals surface area contributed by atoms with Crippen LogP contribution in [0.25, 0.3) is 0 Å². The lowest BCUT2D eigenvalue weighted by Crippen LogP contribution is -2.79. The van der Waals surface area contributed by atoms with Crippen molar-refractivity contribution in [3.05, 3.63) is 59.2 Å². The number of likely N-dealkylation sites (tertiary alicyclic amines) is 1. The Kier molecular flexibility index (Phi) is 5.51. The average Bonchev–Trinajstić information content (AvgIpc) is 3.19. The quantitative estimate of drug-likeness (QED) is 0.634. The van der Waals surface area contributed by atoms with Gasteiger partial charge in [-0.3, -0.25) is 24.6 Å². The Morgan fingerprint density at radius 2 is 1.61 bits per heavy atom. The summed E-state index contributed by atoms with van der Waals surface area (Å²) in [7, 11) is 0. The zero-order valence-electron chi connectivity index (χ0n) is 22.0. The molecule has 1 atom stereocenters. The fourth-order valence-corrected chi connectivity index (χ4v) is 7.26. The summed E-state index contributed by atoms with van der Waals surface area (Å²) in [5, 5.41) is 2.38. The van der Waals surface area contributed by atoms with Crippen molar-refractivity contribution in [2.24, 2.45) is 0 Å². The number of hydrogen-bond donors (Lipinski definition) is 1. The van der Waals surface area contributed by atoms with Crippen LogP contribution in [0, 0.1) is 6.92 Å². The maximum atomic E-state index is 13.0. The molecule has 4 saturated heterocycles. The van der Waals surface area contributed by atoms with Gasteiger partial charge >= 0.3 is 0 Å². The van der Waals surface area contributed by atoms with Crippen LogP contribution in [0.15, 0.2) is 42.5 Å². The van der Waals surface area contributed by atoms with Gasteiger partial charge in [-0.25, -0.2) is 0 Å². The molecule has 5 aliphatic rings. The highest BCUT2D eigenvalue weighted by Gasteiger charge is 2.55. The predicted molar refractivity (Wildman–Crippen MR) is 145 cm³/mol. The molecule has 0 saturated carbocycles. The van der Waals surface area contributed by atoms with Crippen LogP contribution in [0.2, 0.25) is 0 Å². The maximum Gasteiger partial charge on any atom is 0.255 e. The Balaban J connectivity index is 0.965. The lowest BCUT2D eigenvalue weighted by Gasteiger charge is -2.66. The van der Waals surface area contributed by atoms with Gasteiger partial charge < -0.3 is 14.7 Å². The molecule has 5 heterocycles. The van der Waals surface area contributed by atoms with E-state index in [1.54, 1.807) is 4.90 Å². The Bertz CT molecular complexity index is 1290. The molecule has 1 unspecified atom stereocenters. The largest absolute Gasteiger partial charge is 0.371 e. The highest BCUT2D eigenvalue weighted by atomic mass is 16.2. The number of piperidine rings is 2. The van der Waals surface area contributed by atoms with E-state index in [-0.39, 0.29) is 24.1 Å². The van der Waals surface area contributed by atoms with Crippen molar-refractivity contribution in [3.8, 4) is 0 Å². The third-order valence-electron chi connectivity index (χ3n) is 9.57. The highest BCUT2D eigenvalue weighted by Crippen LogP contribution is 2.44. The monoisotopic (exact) mass is 513 g/mol. The fourth-order valence-electron chi connectivity index (χ4n) is 7.26. The van der Waals surface area contributed by atoms with Crippen molar-refractivity contribution in [1.29, 1.82) is 0 Å². The van der Waals surface area contributed by atoms with Crippen LogP contribution in [0.4, 0.5) is 11.4 Å². The van der Waals surface area contributed by atoms with Crippen LogP contribution in [-0.2, 0) is 16.1 Å². The number of fused-ring (bicyclic) bond motifs is 1. The second kappa shape index (κ2) is 8.83. The van der Waals surface area contributed by atoms with Gasteiger partial charge in [-0.05, 0) is 68.5 Å². The molecule has 38 heavy (non-hydrogen) atoms. The molecule has 4 fully saturated rings. The van der Waals surface area contributed by atoms with Gasteiger partial charge in [0.25, 0.3) is 5.91 Å². The molecule has 8 nitrogen and oxygen atoms in total. The third kappa shape index (κ3) is 3.80. The van der Waals surface area contributed by atoms with E-state index in [1.165, 1.54) is 24.2 Å². The van der Waals surface area contributed by atoms with E-state index in [0.29, 0.717) is 30.1 Å². The van der Waals surface area contributed by atoms with Crippen molar-refractivity contribution in [1.82, 2.24) is 15.1 Å². The Morgan fingerprint density at radius 3 is 2.29 bits per heavy atom. The van der Waals surface area contributed by atoms with E-state index in [0.717, 1.165) is 50.3 Å². The highest BCUT2D eigenvalue weighted by molar-refractivity contribution is 6.05. The van der Waals surface area contributed by atoms with E-state index in [4.69, 9.17) is 0 Å². The van der Waals surface area contributed by atoms with E-state index in [9.17, 15) is 14.4 Å². The lowest BCUT2D eigenvalue weighted by atomic mass is 9.75. The first-order valence-corrected chi connectivity index (χ1v) is 14.0. The van der Waals surface area contributed by atoms with Crippen LogP contribution in [0.5, 0.6) is 0 Å². The molecule has 2 aromatic rings. The summed E-state index contributed by atoms with van der Waals surface area (Å²) < 4.78 is 0. The summed E-state index contributed by atoms with van der Waals surface area (Å²) in [5.41, 5.74) is 5.83. The van der Waals surface area contributed by atoms with Crippen molar-refractivity contribution in [2.75, 3.05) is 42.5 Å². The van der Waals surface area contributed by atoms with Crippen molar-refractivity contribution >= 4 is 29.1 Å². The number of anilines is 2. The SMILES string of the molecule is Cc1ccc(N2CC3(CCN3C3CCN(c4ccc5c(c4)CN(C4CCC(=O)NC4=O)C5=O)CC3)C2)cc1. The molecule has 2 aromatic carbocycles. The van der Waals surface area contributed by atoms with Crippen LogP contribution >= 0.6 is 0 Å². The van der Waals surface area contributed by atoms with Gasteiger partial charge in [-0.2, -0.15) is 0 Å². The molecule has 198 valence electrons. The molecular formula is C30H35N5O3. The normalized spacial score (nSPS) is 25.3. The molecule has 3 amide bonds. The third-order valence-corrected chi connectivity index (χ3v) is 9.57. The molecule has 5 aliphatic heterocycles. The first kappa shape index (κ1) is 23.7. The van der Waals surface area contributed by atoms with Gasteiger partial charge in [0.2, 0.25) is 11.8 Å². The second-order valence-electron chi connectivity index (χ2n) is 11.8. The van der Waals surface area contributed by atoms with Gasteiger partial charge in [0.1, 0.15) is 6.04 Å². The Hall–Kier alpha value is -3.39. The second-order valence-corrected chi connectivity index (χ2v) is 11.8. The Morgan fingerprint density at radius 1 is 0.868 bits per heavy atom. The molecule has 1 spiro atoms. The number of aryl methyl sites for hydroxylation is 1. The fraction of sp³-hybridized carbons (Fsp3) is 0.500. The molecule has 0 aromatic heterocycles. The minimum atomic E-state index is -0.566. The van der Waals surface area contributed by atoms with Crippen molar-refractivity contribution in [2.45, 2.75) is 63.2 Å². The van der Waals surface area contributed by atoms with Gasteiger partial charge in [0.15, 0.2) is 0 Å². The van der Waals surface area contributed by atoms with Crippen molar-refractivity contribution < 1.29 is 14.4 Å². The zero-order chi connectivity index (χ0) is 26.0. The van der Waals surface area contributed by atoms with Crippen LogP contribution in [0.3, 0.4) is 0 Å². The minimum absolute atomic E-state index is 0.108. The molecule has 7 rings (SSSR count). The topological polar surface area (TPSA) is 76.2 Å². The summed E-state index contributed by atoms with van der Waals surface area (Å²) in [6, 6.07) is 15.1. The number of nitrogens with one attached hydrogen (secondary N) is 1. The molecule has 8 heteroatoms.